The highest BCUT2D eigenvalue weighted by Crippen LogP contribution is 2.24. The number of carbonyl (C=O) groups is 1. The van der Waals surface area contributed by atoms with Crippen LogP contribution in [0.15, 0.2) is 91.0 Å². The third kappa shape index (κ3) is 4.81. The fourth-order valence-electron chi connectivity index (χ4n) is 3.59. The van der Waals surface area contributed by atoms with Crippen molar-refractivity contribution in [3.63, 3.8) is 0 Å². The van der Waals surface area contributed by atoms with Gasteiger partial charge in [-0.05, 0) is 65.2 Å². The predicted molar refractivity (Wildman–Crippen MR) is 131 cm³/mol. The van der Waals surface area contributed by atoms with E-state index < -0.39 is 10.0 Å². The van der Waals surface area contributed by atoms with Crippen molar-refractivity contribution in [1.29, 1.82) is 0 Å². The highest BCUT2D eigenvalue weighted by Gasteiger charge is 2.19. The summed E-state index contributed by atoms with van der Waals surface area (Å²) in [5.74, 6) is -0.253. The number of carbonyl (C=O) groups excluding carboxylic acids is 1. The number of benzene rings is 4. The Morgan fingerprint density at radius 1 is 0.844 bits per heavy atom. The summed E-state index contributed by atoms with van der Waals surface area (Å²) in [6.07, 6.45) is 1.19. The van der Waals surface area contributed by atoms with E-state index in [1.807, 2.05) is 73.7 Å². The van der Waals surface area contributed by atoms with Crippen molar-refractivity contribution in [2.75, 3.05) is 15.9 Å². The van der Waals surface area contributed by atoms with Gasteiger partial charge in [0.15, 0.2) is 0 Å². The van der Waals surface area contributed by atoms with Gasteiger partial charge in [0.1, 0.15) is 0 Å². The first-order valence-electron chi connectivity index (χ1n) is 10.2. The van der Waals surface area contributed by atoms with Crippen LogP contribution >= 0.6 is 0 Å². The lowest BCUT2D eigenvalue weighted by Gasteiger charge is -2.23. The maximum Gasteiger partial charge on any atom is 0.255 e. The van der Waals surface area contributed by atoms with Gasteiger partial charge in [0.25, 0.3) is 5.91 Å². The molecule has 0 aliphatic rings. The van der Waals surface area contributed by atoms with Crippen molar-refractivity contribution in [1.82, 2.24) is 0 Å². The fourth-order valence-corrected chi connectivity index (χ4v) is 4.47. The second-order valence-corrected chi connectivity index (χ2v) is 9.67. The number of nitrogens with one attached hydrogen (secondary N) is 1. The lowest BCUT2D eigenvalue weighted by Crippen LogP contribution is -2.29. The van der Waals surface area contributed by atoms with Crippen LogP contribution in [0.25, 0.3) is 10.8 Å². The average molecular weight is 445 g/mol. The molecule has 0 saturated heterocycles. The standard InChI is InChI=1S/C26H24N2O3S/c1-19-7-3-4-10-23(19)18-28(32(2,30)31)25-15-12-21(13-16-25)26(29)27-24-14-11-20-8-5-6-9-22(20)17-24/h3-17H,18H2,1-2H3,(H,27,29). The highest BCUT2D eigenvalue weighted by molar-refractivity contribution is 7.92. The molecule has 0 heterocycles. The zero-order chi connectivity index (χ0) is 22.7. The van der Waals surface area contributed by atoms with Crippen LogP contribution < -0.4 is 9.62 Å². The number of rotatable bonds is 6. The molecule has 6 heteroatoms. The molecule has 0 saturated carbocycles. The summed E-state index contributed by atoms with van der Waals surface area (Å²) < 4.78 is 26.3. The number of amides is 1. The van der Waals surface area contributed by atoms with Crippen LogP contribution in [0.4, 0.5) is 11.4 Å². The van der Waals surface area contributed by atoms with E-state index in [9.17, 15) is 13.2 Å². The molecule has 1 amide bonds. The Balaban J connectivity index is 1.54. The summed E-state index contributed by atoms with van der Waals surface area (Å²) in [5, 5.41) is 5.05. The minimum atomic E-state index is -3.50. The quantitative estimate of drug-likeness (QED) is 0.435. The summed E-state index contributed by atoms with van der Waals surface area (Å²) in [6.45, 7) is 2.18. The molecule has 5 nitrogen and oxygen atoms in total. The van der Waals surface area contributed by atoms with Crippen molar-refractivity contribution in [2.45, 2.75) is 13.5 Å². The van der Waals surface area contributed by atoms with Gasteiger partial charge in [-0.3, -0.25) is 9.10 Å². The molecule has 0 atom stereocenters. The van der Waals surface area contributed by atoms with E-state index in [1.165, 1.54) is 10.6 Å². The van der Waals surface area contributed by atoms with Gasteiger partial charge in [0.2, 0.25) is 10.0 Å². The number of hydrogen-bond donors (Lipinski definition) is 1. The maximum absolute atomic E-state index is 12.7. The van der Waals surface area contributed by atoms with Crippen LogP contribution in [0.2, 0.25) is 0 Å². The van der Waals surface area contributed by atoms with Crippen molar-refractivity contribution in [3.05, 3.63) is 108 Å². The zero-order valence-electron chi connectivity index (χ0n) is 17.9. The number of fused-ring (bicyclic) bond motifs is 1. The Bertz CT molecular complexity index is 1380. The van der Waals surface area contributed by atoms with Crippen LogP contribution in [0, 0.1) is 6.92 Å². The van der Waals surface area contributed by atoms with Crippen LogP contribution in [0.1, 0.15) is 21.5 Å². The summed E-state index contributed by atoms with van der Waals surface area (Å²) in [5.41, 5.74) is 3.61. The number of anilines is 2. The SMILES string of the molecule is Cc1ccccc1CN(c1ccc(C(=O)Nc2ccc3ccccc3c2)cc1)S(C)(=O)=O. The van der Waals surface area contributed by atoms with Crippen LogP contribution in [0.5, 0.6) is 0 Å². The second kappa shape index (κ2) is 8.85. The van der Waals surface area contributed by atoms with Crippen LogP contribution in [0.3, 0.4) is 0 Å². The van der Waals surface area contributed by atoms with Gasteiger partial charge >= 0.3 is 0 Å². The van der Waals surface area contributed by atoms with Gasteiger partial charge in [-0.2, -0.15) is 0 Å². The Hall–Kier alpha value is -3.64. The molecule has 0 spiro atoms. The molecule has 0 fully saturated rings. The lowest BCUT2D eigenvalue weighted by atomic mass is 10.1. The monoisotopic (exact) mass is 444 g/mol. The van der Waals surface area contributed by atoms with Crippen LogP contribution in [-0.2, 0) is 16.6 Å². The van der Waals surface area contributed by atoms with Gasteiger partial charge in [-0.15, -0.1) is 0 Å². The first kappa shape index (κ1) is 21.6. The number of aryl methyl sites for hydroxylation is 1. The van der Waals surface area contributed by atoms with E-state index in [4.69, 9.17) is 0 Å². The Kier molecular flexibility index (Phi) is 5.97. The summed E-state index contributed by atoms with van der Waals surface area (Å²) >= 11 is 0. The summed E-state index contributed by atoms with van der Waals surface area (Å²) in [6, 6.07) is 28.0. The molecule has 32 heavy (non-hydrogen) atoms. The summed E-state index contributed by atoms with van der Waals surface area (Å²) in [4.78, 5) is 12.7. The molecule has 4 aromatic carbocycles. The largest absolute Gasteiger partial charge is 0.322 e. The lowest BCUT2D eigenvalue weighted by molar-refractivity contribution is 0.102. The first-order chi connectivity index (χ1) is 15.3. The third-order valence-corrected chi connectivity index (χ3v) is 6.54. The van der Waals surface area contributed by atoms with Crippen molar-refractivity contribution in [3.8, 4) is 0 Å². The molecule has 1 N–H and O–H groups in total. The predicted octanol–water partition coefficient (Wildman–Crippen LogP) is 5.37. The molecule has 0 aliphatic carbocycles. The van der Waals surface area contributed by atoms with Gasteiger partial charge in [-0.25, -0.2) is 8.42 Å². The molecule has 0 unspecified atom stereocenters. The highest BCUT2D eigenvalue weighted by atomic mass is 32.2. The molecule has 4 rings (SSSR count). The van der Waals surface area contributed by atoms with E-state index in [0.29, 0.717) is 16.9 Å². The third-order valence-electron chi connectivity index (χ3n) is 5.40. The Labute approximate surface area is 188 Å². The van der Waals surface area contributed by atoms with Gasteiger partial charge < -0.3 is 5.32 Å². The minimum Gasteiger partial charge on any atom is -0.322 e. The molecule has 4 aromatic rings. The Morgan fingerprint density at radius 3 is 2.19 bits per heavy atom. The van der Waals surface area contributed by atoms with E-state index in [1.54, 1.807) is 24.3 Å². The molecule has 0 aromatic heterocycles. The molecule has 0 bridgehead atoms. The smallest absolute Gasteiger partial charge is 0.255 e. The Morgan fingerprint density at radius 2 is 1.50 bits per heavy atom. The molecule has 162 valence electrons. The average Bonchev–Trinajstić information content (AvgIpc) is 2.78. The van der Waals surface area contributed by atoms with Gasteiger partial charge in [0, 0.05) is 11.3 Å². The molecule has 0 aliphatic heterocycles. The van der Waals surface area contributed by atoms with E-state index in [0.717, 1.165) is 21.9 Å². The van der Waals surface area contributed by atoms with Gasteiger partial charge in [-0.1, -0.05) is 54.6 Å². The van der Waals surface area contributed by atoms with E-state index in [-0.39, 0.29) is 12.5 Å². The number of nitrogens with zero attached hydrogens (tertiary/aromatic N) is 1. The maximum atomic E-state index is 12.7. The zero-order valence-corrected chi connectivity index (χ0v) is 18.8. The number of sulfonamides is 1. The van der Waals surface area contributed by atoms with E-state index in [2.05, 4.69) is 5.32 Å². The normalized spacial score (nSPS) is 11.3. The second-order valence-electron chi connectivity index (χ2n) is 7.76. The van der Waals surface area contributed by atoms with Crippen molar-refractivity contribution >= 4 is 38.1 Å². The topological polar surface area (TPSA) is 66.5 Å². The van der Waals surface area contributed by atoms with Crippen LogP contribution in [-0.4, -0.2) is 20.6 Å². The van der Waals surface area contributed by atoms with Gasteiger partial charge in [0.05, 0.1) is 18.5 Å². The first-order valence-corrected chi connectivity index (χ1v) is 12.1. The molecule has 0 radical (unpaired) electrons. The van der Waals surface area contributed by atoms with Crippen molar-refractivity contribution in [2.24, 2.45) is 0 Å². The van der Waals surface area contributed by atoms with Crippen molar-refractivity contribution < 1.29 is 13.2 Å². The molecular formula is C26H24N2O3S. The van der Waals surface area contributed by atoms with E-state index >= 15 is 0 Å². The fraction of sp³-hybridized carbons (Fsp3) is 0.115. The number of hydrogen-bond acceptors (Lipinski definition) is 3. The summed E-state index contributed by atoms with van der Waals surface area (Å²) in [7, 11) is -3.50. The minimum absolute atomic E-state index is 0.230. The molecular weight excluding hydrogens is 420 g/mol.